The number of rotatable bonds is 0. The van der Waals surface area contributed by atoms with E-state index in [4.69, 9.17) is 0 Å². The van der Waals surface area contributed by atoms with Crippen LogP contribution < -0.4 is 0 Å². The lowest BCUT2D eigenvalue weighted by molar-refractivity contribution is -0.117. The first kappa shape index (κ1) is 6.75. The third-order valence-corrected chi connectivity index (χ3v) is 3.01. The minimum Gasteiger partial charge on any atom is -0.300 e. The van der Waals surface area contributed by atoms with Gasteiger partial charge in [0.15, 0.2) is 0 Å². The molecular weight excluding hydrogens is 145 g/mol. The third kappa shape index (κ3) is 0.998. The standard InChI is InChI=1S/C7H12NOP/c9-7-1-5-3-8(10)4-6(5)2-7/h5-6H,1-4,10H2/t5-,6+. The van der Waals surface area contributed by atoms with E-state index in [9.17, 15) is 4.79 Å². The van der Waals surface area contributed by atoms with Crippen LogP contribution in [0.5, 0.6) is 0 Å². The van der Waals surface area contributed by atoms with Crippen LogP contribution in [-0.2, 0) is 4.79 Å². The highest BCUT2D eigenvalue weighted by Crippen LogP contribution is 2.36. The Hall–Kier alpha value is 0.0600. The van der Waals surface area contributed by atoms with Crippen LogP contribution in [0.1, 0.15) is 12.8 Å². The van der Waals surface area contributed by atoms with Gasteiger partial charge in [-0.25, -0.2) is 0 Å². The van der Waals surface area contributed by atoms with Gasteiger partial charge in [0, 0.05) is 25.9 Å². The van der Waals surface area contributed by atoms with Gasteiger partial charge < -0.3 is 0 Å². The highest BCUT2D eigenvalue weighted by molar-refractivity contribution is 7.13. The largest absolute Gasteiger partial charge is 0.300 e. The van der Waals surface area contributed by atoms with Crippen molar-refractivity contribution in [1.82, 2.24) is 4.67 Å². The molecule has 1 saturated heterocycles. The van der Waals surface area contributed by atoms with E-state index in [1.807, 2.05) is 0 Å². The van der Waals surface area contributed by atoms with Crippen molar-refractivity contribution in [3.05, 3.63) is 0 Å². The molecular formula is C7H12NOP. The zero-order chi connectivity index (χ0) is 7.14. The molecule has 3 atom stereocenters. The van der Waals surface area contributed by atoms with Gasteiger partial charge in [0.1, 0.15) is 5.78 Å². The average Bonchev–Trinajstić information content (AvgIpc) is 2.21. The lowest BCUT2D eigenvalue weighted by Crippen LogP contribution is -2.09. The summed E-state index contributed by atoms with van der Waals surface area (Å²) in [6.07, 6.45) is 1.69. The molecule has 0 aromatic heterocycles. The monoisotopic (exact) mass is 157 g/mol. The van der Waals surface area contributed by atoms with Gasteiger partial charge in [-0.1, -0.05) is 9.39 Å². The van der Waals surface area contributed by atoms with Gasteiger partial charge in [-0.05, 0) is 11.8 Å². The summed E-state index contributed by atoms with van der Waals surface area (Å²) in [7, 11) is 2.72. The van der Waals surface area contributed by atoms with Crippen molar-refractivity contribution < 1.29 is 4.79 Å². The quantitative estimate of drug-likeness (QED) is 0.482. The van der Waals surface area contributed by atoms with Crippen molar-refractivity contribution in [3.8, 4) is 0 Å². The normalized spacial score (nSPS) is 40.7. The molecule has 0 aromatic carbocycles. The lowest BCUT2D eigenvalue weighted by atomic mass is 10.0. The molecule has 0 aromatic rings. The van der Waals surface area contributed by atoms with E-state index < -0.39 is 0 Å². The van der Waals surface area contributed by atoms with Crippen molar-refractivity contribution in [2.24, 2.45) is 11.8 Å². The molecule has 0 radical (unpaired) electrons. The summed E-state index contributed by atoms with van der Waals surface area (Å²) in [5, 5.41) is 0. The van der Waals surface area contributed by atoms with Crippen LogP contribution in [0, 0.1) is 11.8 Å². The zero-order valence-corrected chi connectivity index (χ0v) is 7.07. The van der Waals surface area contributed by atoms with Gasteiger partial charge in [-0.2, -0.15) is 0 Å². The summed E-state index contributed by atoms with van der Waals surface area (Å²) in [6, 6.07) is 0. The predicted octanol–water partition coefficient (Wildman–Crippen LogP) is 0.687. The fourth-order valence-corrected chi connectivity index (χ4v) is 2.65. The first-order valence-corrected chi connectivity index (χ1v) is 4.28. The van der Waals surface area contributed by atoms with Gasteiger partial charge in [0.25, 0.3) is 0 Å². The van der Waals surface area contributed by atoms with Crippen molar-refractivity contribution >= 4 is 15.2 Å². The number of Topliss-reactive ketones (excluding diaryl/α,β-unsaturated/α-hetero) is 1. The van der Waals surface area contributed by atoms with Crippen molar-refractivity contribution in [3.63, 3.8) is 0 Å². The molecule has 2 nitrogen and oxygen atoms in total. The van der Waals surface area contributed by atoms with Crippen LogP contribution in [0.25, 0.3) is 0 Å². The number of fused-ring (bicyclic) bond motifs is 1. The third-order valence-electron chi connectivity index (χ3n) is 2.58. The van der Waals surface area contributed by atoms with Gasteiger partial charge in [0.05, 0.1) is 0 Å². The molecule has 56 valence electrons. The minimum absolute atomic E-state index is 0.480. The number of carbonyl (C=O) groups is 1. The SMILES string of the molecule is O=C1C[C@@H]2CN(P)C[C@@H]2C1. The Balaban J connectivity index is 2.06. The second-order valence-corrected chi connectivity index (χ2v) is 4.15. The van der Waals surface area contributed by atoms with E-state index in [1.54, 1.807) is 0 Å². The summed E-state index contributed by atoms with van der Waals surface area (Å²) in [6.45, 7) is 2.22. The Labute approximate surface area is 63.2 Å². The molecule has 2 fully saturated rings. The molecule has 1 saturated carbocycles. The fourth-order valence-electron chi connectivity index (χ4n) is 2.11. The lowest BCUT2D eigenvalue weighted by Gasteiger charge is -2.06. The van der Waals surface area contributed by atoms with Gasteiger partial charge >= 0.3 is 0 Å². The van der Waals surface area contributed by atoms with Crippen molar-refractivity contribution in [2.45, 2.75) is 12.8 Å². The fraction of sp³-hybridized carbons (Fsp3) is 0.857. The molecule has 2 rings (SSSR count). The van der Waals surface area contributed by atoms with Gasteiger partial charge in [-0.3, -0.25) is 9.46 Å². The van der Waals surface area contributed by atoms with Crippen LogP contribution in [0.3, 0.4) is 0 Å². The zero-order valence-electron chi connectivity index (χ0n) is 5.92. The Morgan fingerprint density at radius 1 is 1.30 bits per heavy atom. The Morgan fingerprint density at radius 2 is 1.80 bits per heavy atom. The highest BCUT2D eigenvalue weighted by Gasteiger charge is 2.38. The van der Waals surface area contributed by atoms with Crippen LogP contribution in [0.2, 0.25) is 0 Å². The number of hydrogen-bond donors (Lipinski definition) is 0. The number of ketones is 1. The number of carbonyl (C=O) groups excluding carboxylic acids is 1. The van der Waals surface area contributed by atoms with E-state index in [0.717, 1.165) is 25.9 Å². The minimum atomic E-state index is 0.480. The highest BCUT2D eigenvalue weighted by atomic mass is 31.0. The number of hydrogen-bond acceptors (Lipinski definition) is 2. The van der Waals surface area contributed by atoms with E-state index in [2.05, 4.69) is 14.1 Å². The molecule has 3 heteroatoms. The van der Waals surface area contributed by atoms with E-state index in [-0.39, 0.29) is 0 Å². The van der Waals surface area contributed by atoms with Crippen LogP contribution in [0.15, 0.2) is 0 Å². The maximum Gasteiger partial charge on any atom is 0.133 e. The molecule has 0 amide bonds. The first-order valence-electron chi connectivity index (χ1n) is 3.77. The molecule has 0 spiro atoms. The summed E-state index contributed by atoms with van der Waals surface area (Å²) < 4.78 is 2.25. The van der Waals surface area contributed by atoms with Crippen molar-refractivity contribution in [1.29, 1.82) is 0 Å². The van der Waals surface area contributed by atoms with Crippen molar-refractivity contribution in [2.75, 3.05) is 13.1 Å². The van der Waals surface area contributed by atoms with Crippen LogP contribution in [0.4, 0.5) is 0 Å². The molecule has 0 bridgehead atoms. The maximum absolute atomic E-state index is 10.9. The molecule has 2 aliphatic rings. The molecule has 0 N–H and O–H groups in total. The second-order valence-electron chi connectivity index (χ2n) is 3.42. The topological polar surface area (TPSA) is 20.3 Å². The molecule has 1 aliphatic carbocycles. The van der Waals surface area contributed by atoms with E-state index in [1.165, 1.54) is 0 Å². The summed E-state index contributed by atoms with van der Waals surface area (Å²) >= 11 is 0. The Kier molecular flexibility index (Phi) is 1.54. The second kappa shape index (κ2) is 2.28. The smallest absolute Gasteiger partial charge is 0.133 e. The van der Waals surface area contributed by atoms with Gasteiger partial charge in [0.2, 0.25) is 0 Å². The average molecular weight is 157 g/mol. The molecule has 1 aliphatic heterocycles. The summed E-state index contributed by atoms with van der Waals surface area (Å²) in [5.41, 5.74) is 0. The van der Waals surface area contributed by atoms with E-state index in [0.29, 0.717) is 17.6 Å². The molecule has 1 unspecified atom stereocenters. The molecule has 1 heterocycles. The van der Waals surface area contributed by atoms with Crippen LogP contribution in [-0.4, -0.2) is 23.5 Å². The molecule has 10 heavy (non-hydrogen) atoms. The van der Waals surface area contributed by atoms with E-state index >= 15 is 0 Å². The Morgan fingerprint density at radius 3 is 2.30 bits per heavy atom. The maximum atomic E-state index is 10.9. The number of nitrogens with zero attached hydrogens (tertiary/aromatic N) is 1. The summed E-state index contributed by atoms with van der Waals surface area (Å²) in [5.74, 6) is 1.85. The Bertz CT molecular complexity index is 155. The van der Waals surface area contributed by atoms with Gasteiger partial charge in [-0.15, -0.1) is 0 Å². The first-order chi connectivity index (χ1) is 4.75. The predicted molar refractivity (Wildman–Crippen MR) is 42.5 cm³/mol. The summed E-state index contributed by atoms with van der Waals surface area (Å²) in [4.78, 5) is 10.9. The van der Waals surface area contributed by atoms with Crippen LogP contribution >= 0.6 is 9.39 Å².